The maximum Gasteiger partial charge on any atom is 0.338 e. The van der Waals surface area contributed by atoms with Gasteiger partial charge in [-0.1, -0.05) is 72.0 Å². The van der Waals surface area contributed by atoms with E-state index in [1.54, 1.807) is 25.3 Å². The quantitative estimate of drug-likeness (QED) is 0.350. The molecule has 0 spiro atoms. The first-order valence-corrected chi connectivity index (χ1v) is 13.1. The molecule has 0 bridgehead atoms. The van der Waals surface area contributed by atoms with Gasteiger partial charge in [-0.2, -0.15) is 0 Å². The van der Waals surface area contributed by atoms with Crippen LogP contribution >= 0.6 is 11.3 Å². The number of allylic oxidation sites excluding steroid dienone is 1. The molecule has 1 aliphatic heterocycles. The molecule has 1 unspecified atom stereocenters. The van der Waals surface area contributed by atoms with Gasteiger partial charge in [0, 0.05) is 5.56 Å². The Bertz CT molecular complexity index is 1700. The molecule has 0 aliphatic carbocycles. The Kier molecular flexibility index (Phi) is 6.80. The summed E-state index contributed by atoms with van der Waals surface area (Å²) in [4.78, 5) is 32.4. The van der Waals surface area contributed by atoms with Gasteiger partial charge in [0.05, 0.1) is 34.6 Å². The molecule has 5 rings (SSSR count). The minimum atomic E-state index is -0.635. The lowest BCUT2D eigenvalue weighted by Gasteiger charge is -2.25. The molecule has 1 atom stereocenters. The number of hydrogen-bond donors (Lipinski definition) is 0. The fraction of sp³-hybridized carbons (Fsp3) is 0.233. The normalized spacial score (nSPS) is 15.6. The van der Waals surface area contributed by atoms with Crippen LogP contribution in [0.25, 0.3) is 16.8 Å². The number of thiazole rings is 1. The summed E-state index contributed by atoms with van der Waals surface area (Å²) in [6.07, 6.45) is 1.59. The van der Waals surface area contributed by atoms with Crippen molar-refractivity contribution in [1.82, 2.24) is 4.57 Å². The van der Waals surface area contributed by atoms with Crippen LogP contribution in [0.2, 0.25) is 0 Å². The van der Waals surface area contributed by atoms with Gasteiger partial charge in [0.25, 0.3) is 5.56 Å². The molecule has 1 aliphatic rings. The van der Waals surface area contributed by atoms with Crippen LogP contribution < -0.4 is 19.6 Å². The monoisotopic (exact) mass is 512 g/mol. The Morgan fingerprint density at radius 1 is 1.08 bits per heavy atom. The molecule has 2 heterocycles. The van der Waals surface area contributed by atoms with Gasteiger partial charge in [-0.05, 0) is 56.2 Å². The second-order valence-corrected chi connectivity index (χ2v) is 10.1. The first-order chi connectivity index (χ1) is 17.9. The summed E-state index contributed by atoms with van der Waals surface area (Å²) in [5.41, 5.74) is 2.37. The van der Waals surface area contributed by atoms with Crippen LogP contribution in [-0.2, 0) is 9.53 Å². The second kappa shape index (κ2) is 10.2. The van der Waals surface area contributed by atoms with Crippen LogP contribution in [0.1, 0.15) is 44.9 Å². The third-order valence-corrected chi connectivity index (χ3v) is 7.19. The number of esters is 1. The lowest BCUT2D eigenvalue weighted by molar-refractivity contribution is -0.143. The first-order valence-electron chi connectivity index (χ1n) is 12.3. The van der Waals surface area contributed by atoms with Crippen LogP contribution in [0.4, 0.5) is 0 Å². The van der Waals surface area contributed by atoms with E-state index in [1.165, 1.54) is 11.3 Å². The Hall–Kier alpha value is -3.97. The summed E-state index contributed by atoms with van der Waals surface area (Å²) in [7, 11) is 0. The van der Waals surface area contributed by atoms with Gasteiger partial charge in [0.2, 0.25) is 0 Å². The number of nitrogens with zero attached hydrogens (tertiary/aromatic N) is 2. The molecule has 188 valence electrons. The summed E-state index contributed by atoms with van der Waals surface area (Å²) in [6.45, 7) is 7.85. The average molecular weight is 513 g/mol. The number of ether oxygens (including phenoxy) is 2. The fourth-order valence-electron chi connectivity index (χ4n) is 4.65. The van der Waals surface area contributed by atoms with Crippen molar-refractivity contribution in [1.29, 1.82) is 0 Å². The molecule has 7 heteroatoms. The van der Waals surface area contributed by atoms with E-state index in [1.807, 2.05) is 79.7 Å². The van der Waals surface area contributed by atoms with Crippen molar-refractivity contribution in [3.05, 3.63) is 109 Å². The van der Waals surface area contributed by atoms with E-state index < -0.39 is 12.0 Å². The van der Waals surface area contributed by atoms with E-state index in [4.69, 9.17) is 9.47 Å². The minimum absolute atomic E-state index is 0.213. The van der Waals surface area contributed by atoms with Crippen molar-refractivity contribution in [2.45, 2.75) is 39.8 Å². The van der Waals surface area contributed by atoms with E-state index >= 15 is 0 Å². The molecule has 0 fully saturated rings. The number of rotatable bonds is 6. The molecule has 1 aromatic heterocycles. The Labute approximate surface area is 218 Å². The minimum Gasteiger partial charge on any atom is -0.493 e. The number of fused-ring (bicyclic) bond motifs is 2. The Balaban J connectivity index is 1.76. The van der Waals surface area contributed by atoms with E-state index in [2.05, 4.69) is 4.99 Å². The Morgan fingerprint density at radius 2 is 1.81 bits per heavy atom. The third-order valence-electron chi connectivity index (χ3n) is 6.21. The van der Waals surface area contributed by atoms with Gasteiger partial charge in [-0.25, -0.2) is 9.79 Å². The van der Waals surface area contributed by atoms with Crippen LogP contribution in [0.3, 0.4) is 0 Å². The summed E-state index contributed by atoms with van der Waals surface area (Å²) < 4.78 is 13.6. The largest absolute Gasteiger partial charge is 0.493 e. The number of benzene rings is 3. The third kappa shape index (κ3) is 4.62. The first kappa shape index (κ1) is 24.7. The second-order valence-electron chi connectivity index (χ2n) is 9.08. The number of aromatic nitrogens is 1. The highest BCUT2D eigenvalue weighted by Gasteiger charge is 2.33. The van der Waals surface area contributed by atoms with Gasteiger partial charge in [-0.15, -0.1) is 0 Å². The highest BCUT2D eigenvalue weighted by molar-refractivity contribution is 7.07. The molecule has 0 N–H and O–H groups in total. The zero-order chi connectivity index (χ0) is 26.1. The van der Waals surface area contributed by atoms with E-state index in [0.717, 1.165) is 21.9 Å². The molecular formula is C30H28N2O4S. The zero-order valence-corrected chi connectivity index (χ0v) is 22.0. The zero-order valence-electron chi connectivity index (χ0n) is 21.2. The average Bonchev–Trinajstić information content (AvgIpc) is 3.19. The molecule has 4 aromatic rings. The standard InChI is InChI=1S/C30H28N2O4S/c1-5-35-24-16-15-20-11-9-10-14-22(20)23(24)17-25-28(33)32-27(21-12-7-6-8-13-21)26(29(34)36-18(2)3)19(4)31-30(32)37-25/h6-18,27H,5H2,1-4H3. The number of carbonyl (C=O) groups excluding carboxylic acids is 1. The van der Waals surface area contributed by atoms with Crippen molar-refractivity contribution in [2.24, 2.45) is 4.99 Å². The van der Waals surface area contributed by atoms with Crippen molar-refractivity contribution in [2.75, 3.05) is 6.61 Å². The van der Waals surface area contributed by atoms with E-state index in [0.29, 0.717) is 33.0 Å². The molecule has 0 radical (unpaired) electrons. The van der Waals surface area contributed by atoms with Crippen molar-refractivity contribution in [3.8, 4) is 5.75 Å². The van der Waals surface area contributed by atoms with Gasteiger partial charge in [0.1, 0.15) is 5.75 Å². The van der Waals surface area contributed by atoms with Crippen LogP contribution in [0.5, 0.6) is 5.75 Å². The molecule has 37 heavy (non-hydrogen) atoms. The molecular weight excluding hydrogens is 484 g/mol. The SMILES string of the molecule is CCOc1ccc2ccccc2c1C=c1sc2n(c1=O)C(c1ccccc1)C(C(=O)OC(C)C)=C(C)N=2. The van der Waals surface area contributed by atoms with Gasteiger partial charge in [-0.3, -0.25) is 9.36 Å². The summed E-state index contributed by atoms with van der Waals surface area (Å²) >= 11 is 1.31. The highest BCUT2D eigenvalue weighted by atomic mass is 32.1. The Morgan fingerprint density at radius 3 is 2.54 bits per heavy atom. The van der Waals surface area contributed by atoms with E-state index in [-0.39, 0.29) is 11.7 Å². The molecule has 0 amide bonds. The van der Waals surface area contributed by atoms with Gasteiger partial charge < -0.3 is 9.47 Å². The summed E-state index contributed by atoms with van der Waals surface area (Å²) in [5, 5.41) is 2.05. The number of carbonyl (C=O) groups is 1. The van der Waals surface area contributed by atoms with Crippen LogP contribution in [-0.4, -0.2) is 23.2 Å². The fourth-order valence-corrected chi connectivity index (χ4v) is 5.68. The maximum atomic E-state index is 14.0. The van der Waals surface area contributed by atoms with Gasteiger partial charge >= 0.3 is 5.97 Å². The predicted octanol–water partition coefficient (Wildman–Crippen LogP) is 4.74. The van der Waals surface area contributed by atoms with Crippen molar-refractivity contribution >= 4 is 34.2 Å². The van der Waals surface area contributed by atoms with Crippen LogP contribution in [0.15, 0.2) is 87.8 Å². The summed E-state index contributed by atoms with van der Waals surface area (Å²) in [5.74, 6) is 0.246. The van der Waals surface area contributed by atoms with Crippen molar-refractivity contribution < 1.29 is 14.3 Å². The van der Waals surface area contributed by atoms with E-state index in [9.17, 15) is 9.59 Å². The number of hydrogen-bond acceptors (Lipinski definition) is 6. The summed E-state index contributed by atoms with van der Waals surface area (Å²) in [6, 6.07) is 20.9. The lowest BCUT2D eigenvalue weighted by Crippen LogP contribution is -2.40. The molecule has 3 aromatic carbocycles. The van der Waals surface area contributed by atoms with Crippen LogP contribution in [0, 0.1) is 0 Å². The van der Waals surface area contributed by atoms with Gasteiger partial charge in [0.15, 0.2) is 4.80 Å². The predicted molar refractivity (Wildman–Crippen MR) is 147 cm³/mol. The van der Waals surface area contributed by atoms with Crippen molar-refractivity contribution in [3.63, 3.8) is 0 Å². The molecule has 6 nitrogen and oxygen atoms in total. The highest BCUT2D eigenvalue weighted by Crippen LogP contribution is 2.31. The lowest BCUT2D eigenvalue weighted by atomic mass is 9.96. The topological polar surface area (TPSA) is 69.9 Å². The smallest absolute Gasteiger partial charge is 0.338 e. The molecule has 0 saturated carbocycles. The molecule has 0 saturated heterocycles. The maximum absolute atomic E-state index is 14.0.